The molecule has 0 unspecified atom stereocenters. The number of nitrogens with two attached hydrogens (primary N) is 1. The van der Waals surface area contributed by atoms with Crippen LogP contribution in [0.15, 0.2) is 77.8 Å². The van der Waals surface area contributed by atoms with Crippen LogP contribution in [-0.4, -0.2) is 16.9 Å². The van der Waals surface area contributed by atoms with Crippen molar-refractivity contribution >= 4 is 24.3 Å². The molecular weight excluding hydrogens is 348 g/mol. The average molecular weight is 381 g/mol. The molecule has 0 aliphatic carbocycles. The molecule has 1 heterocycles. The molecule has 1 rings (SSSR count). The van der Waals surface area contributed by atoms with Gasteiger partial charge in [0.1, 0.15) is 5.76 Å². The van der Waals surface area contributed by atoms with Crippen LogP contribution in [0.2, 0.25) is 0 Å². The number of rotatable bonds is 8. The molecule has 0 radical (unpaired) electrons. The molecule has 0 saturated carbocycles. The Hall–Kier alpha value is -3.34. The number of aromatic nitrogens is 2. The van der Waals surface area contributed by atoms with Crippen LogP contribution in [0.1, 0.15) is 34.6 Å². The zero-order valence-electron chi connectivity index (χ0n) is 17.7. The van der Waals surface area contributed by atoms with E-state index in [2.05, 4.69) is 41.6 Å². The minimum atomic E-state index is 0.379. The molecule has 0 bridgehead atoms. The van der Waals surface area contributed by atoms with Crippen molar-refractivity contribution in [2.24, 2.45) is 4.99 Å². The maximum Gasteiger partial charge on any atom is 0.153 e. The predicted octanol–water partition coefficient (Wildman–Crippen LogP) is 4.31. The molecule has 5 nitrogen and oxygen atoms in total. The number of nitrogen functional groups attached to an aromatic ring is 1. The number of aromatic amines is 1. The predicted molar refractivity (Wildman–Crippen MR) is 123 cm³/mol. The Labute approximate surface area is 168 Å². The lowest BCUT2D eigenvalue weighted by atomic mass is 10.1. The first-order chi connectivity index (χ1) is 13.3. The van der Waals surface area contributed by atoms with Crippen molar-refractivity contribution in [2.75, 3.05) is 5.73 Å². The summed E-state index contributed by atoms with van der Waals surface area (Å²) < 4.78 is 5.45. The second kappa shape index (κ2) is 12.9. The number of hydrogen-bond donors (Lipinski definition) is 2. The molecule has 0 saturated heterocycles. The molecule has 5 heteroatoms. The Balaban J connectivity index is 0.00000352. The Kier molecular flexibility index (Phi) is 11.4. The lowest BCUT2D eigenvalue weighted by Crippen LogP contribution is -2.26. The number of nitrogens with zero attached hydrogens (tertiary/aromatic N) is 2. The van der Waals surface area contributed by atoms with Crippen molar-refractivity contribution in [3.63, 3.8) is 0 Å². The molecule has 0 spiro atoms. The maximum atomic E-state index is 5.92. The van der Waals surface area contributed by atoms with E-state index in [0.717, 1.165) is 27.5 Å². The molecule has 0 aromatic carbocycles. The van der Waals surface area contributed by atoms with Crippen molar-refractivity contribution < 1.29 is 4.74 Å². The van der Waals surface area contributed by atoms with E-state index in [1.807, 2.05) is 46.8 Å². The summed E-state index contributed by atoms with van der Waals surface area (Å²) in [6, 6.07) is 0. The molecule has 150 valence electrons. The van der Waals surface area contributed by atoms with Gasteiger partial charge in [-0.15, -0.1) is 0 Å². The fourth-order valence-electron chi connectivity index (χ4n) is 2.13. The van der Waals surface area contributed by atoms with Crippen molar-refractivity contribution in [1.82, 2.24) is 10.2 Å². The van der Waals surface area contributed by atoms with Crippen LogP contribution in [0.5, 0.6) is 0 Å². The zero-order chi connectivity index (χ0) is 21.7. The average Bonchev–Trinajstić information content (AvgIpc) is 3.00. The molecule has 0 atom stereocenters. The van der Waals surface area contributed by atoms with E-state index >= 15 is 0 Å². The van der Waals surface area contributed by atoms with E-state index in [9.17, 15) is 0 Å². The molecule has 0 aliphatic rings. The lowest BCUT2D eigenvalue weighted by molar-refractivity contribution is 0.370. The summed E-state index contributed by atoms with van der Waals surface area (Å²) in [6.45, 7) is 25.0. The minimum Gasteiger partial charge on any atom is -0.466 e. The van der Waals surface area contributed by atoms with Gasteiger partial charge >= 0.3 is 0 Å². The van der Waals surface area contributed by atoms with Crippen LogP contribution in [0.3, 0.4) is 0 Å². The van der Waals surface area contributed by atoms with Gasteiger partial charge in [0.2, 0.25) is 0 Å². The highest BCUT2D eigenvalue weighted by atomic mass is 16.5. The van der Waals surface area contributed by atoms with Crippen LogP contribution in [0.25, 0.3) is 11.8 Å². The number of hydrogen-bond acceptors (Lipinski definition) is 4. The van der Waals surface area contributed by atoms with Gasteiger partial charge in [-0.1, -0.05) is 51.3 Å². The standard InChI is InChI=1S/C21H26N4O.C2H6/c1-14(2)12-15(3)10-11-26-17(5)9-8-16(4)18(6)20-19(13-23-7)24-25-21(20)22;1-2/h8-13,24H,1,4-5,7H2,2-3,6H3,(H2,22,25);1-2H3/b9-8-,11-10+,15-12-,19-13+,20-18-;. The normalized spacial score (nSPS) is 13.2. The third-order valence-corrected chi connectivity index (χ3v) is 3.39. The van der Waals surface area contributed by atoms with E-state index in [1.165, 1.54) is 0 Å². The van der Waals surface area contributed by atoms with E-state index in [0.29, 0.717) is 16.9 Å². The van der Waals surface area contributed by atoms with Gasteiger partial charge in [-0.2, -0.15) is 5.10 Å². The van der Waals surface area contributed by atoms with Gasteiger partial charge in [-0.05, 0) is 56.4 Å². The van der Waals surface area contributed by atoms with E-state index in [4.69, 9.17) is 10.5 Å². The minimum absolute atomic E-state index is 0.379. The summed E-state index contributed by atoms with van der Waals surface area (Å²) in [5, 5.41) is 8.24. The number of anilines is 1. The molecule has 1 aromatic heterocycles. The first kappa shape index (κ1) is 24.7. The fourth-order valence-corrected chi connectivity index (χ4v) is 2.13. The Morgan fingerprint density at radius 3 is 2.32 bits per heavy atom. The Morgan fingerprint density at radius 1 is 1.11 bits per heavy atom. The van der Waals surface area contributed by atoms with Crippen LogP contribution in [0.4, 0.5) is 5.82 Å². The summed E-state index contributed by atoms with van der Waals surface area (Å²) in [7, 11) is 0. The number of aliphatic imine (C=N–C) groups is 1. The monoisotopic (exact) mass is 380 g/mol. The fraction of sp³-hybridized carbons (Fsp3) is 0.217. The highest BCUT2D eigenvalue weighted by Crippen LogP contribution is 2.10. The van der Waals surface area contributed by atoms with E-state index < -0.39 is 0 Å². The van der Waals surface area contributed by atoms with Gasteiger partial charge in [-0.3, -0.25) is 10.1 Å². The SMILES string of the molecule is C=N/C=c1/[nH]nc(N)/c1=C(/C)C(=C)/C=C\C(=C)O/C=C/C(C)=C\C(=C)C.CC. The summed E-state index contributed by atoms with van der Waals surface area (Å²) in [4.78, 5) is 3.75. The van der Waals surface area contributed by atoms with Crippen molar-refractivity contribution in [3.05, 3.63) is 83.3 Å². The first-order valence-corrected chi connectivity index (χ1v) is 8.96. The molecule has 28 heavy (non-hydrogen) atoms. The smallest absolute Gasteiger partial charge is 0.153 e. The van der Waals surface area contributed by atoms with E-state index in [1.54, 1.807) is 24.6 Å². The first-order valence-electron chi connectivity index (χ1n) is 8.96. The molecule has 1 aromatic rings. The van der Waals surface area contributed by atoms with Gasteiger partial charge in [0.25, 0.3) is 0 Å². The summed E-state index contributed by atoms with van der Waals surface area (Å²) in [5.41, 5.74) is 9.56. The molecule has 0 amide bonds. The zero-order valence-corrected chi connectivity index (χ0v) is 17.7. The van der Waals surface area contributed by atoms with Gasteiger partial charge in [0.05, 0.1) is 17.8 Å². The highest BCUT2D eigenvalue weighted by molar-refractivity contribution is 5.68. The highest BCUT2D eigenvalue weighted by Gasteiger charge is 2.03. The van der Waals surface area contributed by atoms with Gasteiger partial charge in [0.15, 0.2) is 5.82 Å². The van der Waals surface area contributed by atoms with Crippen molar-refractivity contribution in [1.29, 1.82) is 0 Å². The third kappa shape index (κ3) is 8.36. The van der Waals surface area contributed by atoms with Gasteiger partial charge in [-0.25, -0.2) is 0 Å². The van der Waals surface area contributed by atoms with Crippen molar-refractivity contribution in [2.45, 2.75) is 34.6 Å². The van der Waals surface area contributed by atoms with Crippen LogP contribution < -0.4 is 16.3 Å². The third-order valence-electron chi connectivity index (χ3n) is 3.39. The van der Waals surface area contributed by atoms with Crippen LogP contribution in [-0.2, 0) is 4.74 Å². The van der Waals surface area contributed by atoms with Crippen LogP contribution in [0, 0.1) is 0 Å². The largest absolute Gasteiger partial charge is 0.466 e. The topological polar surface area (TPSA) is 76.3 Å². The second-order valence-corrected chi connectivity index (χ2v) is 5.81. The number of allylic oxidation sites excluding steroid dienone is 7. The molecule has 0 fully saturated rings. The number of ether oxygens (including phenoxy) is 1. The van der Waals surface area contributed by atoms with Gasteiger partial charge < -0.3 is 10.5 Å². The number of H-pyrrole nitrogens is 1. The molecule has 0 aliphatic heterocycles. The second-order valence-electron chi connectivity index (χ2n) is 5.81. The summed E-state index contributed by atoms with van der Waals surface area (Å²) in [6.07, 6.45) is 10.5. The molecular formula is C23H32N4O. The van der Waals surface area contributed by atoms with E-state index in [-0.39, 0.29) is 0 Å². The maximum absolute atomic E-state index is 5.92. The Bertz CT molecular complexity index is 924. The van der Waals surface area contributed by atoms with Crippen LogP contribution >= 0.6 is 0 Å². The quantitative estimate of drug-likeness (QED) is 0.401. The Morgan fingerprint density at radius 2 is 1.75 bits per heavy atom. The van der Waals surface area contributed by atoms with Gasteiger partial charge in [0, 0.05) is 5.22 Å². The summed E-state index contributed by atoms with van der Waals surface area (Å²) in [5.74, 6) is 0.864. The number of nitrogens with one attached hydrogen (secondary N) is 1. The summed E-state index contributed by atoms with van der Waals surface area (Å²) >= 11 is 0. The molecule has 3 N–H and O–H groups in total. The van der Waals surface area contributed by atoms with Crippen molar-refractivity contribution in [3.8, 4) is 0 Å². The lowest BCUT2D eigenvalue weighted by Gasteiger charge is -2.02.